The molecule has 4 nitrogen and oxygen atoms in total. The number of hydrogen-bond acceptors (Lipinski definition) is 4. The van der Waals surface area contributed by atoms with Gasteiger partial charge in [-0.05, 0) is 50.8 Å². The number of aromatic nitrogens is 1. The van der Waals surface area contributed by atoms with Gasteiger partial charge >= 0.3 is 0 Å². The van der Waals surface area contributed by atoms with E-state index in [4.69, 9.17) is 0 Å². The fraction of sp³-hybridized carbons (Fsp3) is 0.312. The van der Waals surface area contributed by atoms with Crippen molar-refractivity contribution in [2.45, 2.75) is 20.0 Å². The summed E-state index contributed by atoms with van der Waals surface area (Å²) in [6.07, 6.45) is 0. The van der Waals surface area contributed by atoms with E-state index in [1.165, 1.54) is 5.56 Å². The first-order valence-electron chi connectivity index (χ1n) is 6.67. The first kappa shape index (κ1) is 14.3. The Bertz CT molecular complexity index is 564. The summed E-state index contributed by atoms with van der Waals surface area (Å²) in [5.74, 6) is 0.229. The molecule has 106 valence electrons. The molecular formula is C16H21N3O. The lowest BCUT2D eigenvalue weighted by atomic mass is 10.2. The molecular weight excluding hydrogens is 250 g/mol. The van der Waals surface area contributed by atoms with Crippen LogP contribution in [0.4, 0.5) is 5.69 Å². The van der Waals surface area contributed by atoms with Crippen molar-refractivity contribution in [3.05, 3.63) is 53.3 Å². The molecule has 0 aliphatic rings. The van der Waals surface area contributed by atoms with E-state index in [2.05, 4.69) is 41.4 Å². The fourth-order valence-corrected chi connectivity index (χ4v) is 2.01. The van der Waals surface area contributed by atoms with Crippen molar-refractivity contribution in [2.75, 3.05) is 19.4 Å². The van der Waals surface area contributed by atoms with E-state index in [9.17, 15) is 5.11 Å². The Morgan fingerprint density at radius 3 is 2.45 bits per heavy atom. The number of hydrogen-bond donors (Lipinski definition) is 2. The van der Waals surface area contributed by atoms with Crippen LogP contribution in [0.15, 0.2) is 36.4 Å². The molecule has 0 saturated carbocycles. The van der Waals surface area contributed by atoms with Crippen LogP contribution in [0.5, 0.6) is 5.75 Å². The lowest BCUT2D eigenvalue weighted by Crippen LogP contribution is -2.10. The third-order valence-electron chi connectivity index (χ3n) is 3.00. The minimum Gasteiger partial charge on any atom is -0.506 e. The Hall–Kier alpha value is -2.07. The van der Waals surface area contributed by atoms with Crippen LogP contribution >= 0.6 is 0 Å². The fourth-order valence-electron chi connectivity index (χ4n) is 2.01. The Morgan fingerprint density at radius 1 is 1.10 bits per heavy atom. The smallest absolute Gasteiger partial charge is 0.138 e. The van der Waals surface area contributed by atoms with Gasteiger partial charge in [-0.15, -0.1) is 0 Å². The molecule has 20 heavy (non-hydrogen) atoms. The minimum absolute atomic E-state index is 0.229. The van der Waals surface area contributed by atoms with E-state index in [1.54, 1.807) is 12.1 Å². The number of aryl methyl sites for hydroxylation is 1. The molecule has 0 saturated heterocycles. The summed E-state index contributed by atoms with van der Waals surface area (Å²) >= 11 is 0. The summed E-state index contributed by atoms with van der Waals surface area (Å²) in [4.78, 5) is 6.46. The summed E-state index contributed by atoms with van der Waals surface area (Å²) in [5, 5.41) is 13.0. The molecule has 2 rings (SSSR count). The zero-order chi connectivity index (χ0) is 14.5. The van der Waals surface area contributed by atoms with Crippen molar-refractivity contribution >= 4 is 5.69 Å². The van der Waals surface area contributed by atoms with Gasteiger partial charge in [-0.25, -0.2) is 0 Å². The van der Waals surface area contributed by atoms with Crippen LogP contribution in [0.3, 0.4) is 0 Å². The van der Waals surface area contributed by atoms with Gasteiger partial charge in [-0.3, -0.25) is 4.98 Å². The Kier molecular flexibility index (Phi) is 4.58. The Morgan fingerprint density at radius 2 is 1.80 bits per heavy atom. The zero-order valence-electron chi connectivity index (χ0n) is 12.2. The first-order valence-corrected chi connectivity index (χ1v) is 6.67. The van der Waals surface area contributed by atoms with Gasteiger partial charge in [0.25, 0.3) is 0 Å². The van der Waals surface area contributed by atoms with Gasteiger partial charge in [0.05, 0.1) is 6.54 Å². The van der Waals surface area contributed by atoms with Crippen molar-refractivity contribution in [3.8, 4) is 5.75 Å². The second-order valence-electron chi connectivity index (χ2n) is 5.21. The lowest BCUT2D eigenvalue weighted by molar-refractivity contribution is 0.402. The maximum atomic E-state index is 9.75. The molecule has 0 bridgehead atoms. The number of pyridine rings is 1. The van der Waals surface area contributed by atoms with Gasteiger partial charge < -0.3 is 15.3 Å². The molecule has 1 aromatic heterocycles. The quantitative estimate of drug-likeness (QED) is 0.878. The van der Waals surface area contributed by atoms with E-state index in [0.717, 1.165) is 17.9 Å². The molecule has 2 N–H and O–H groups in total. The van der Waals surface area contributed by atoms with E-state index in [0.29, 0.717) is 12.2 Å². The van der Waals surface area contributed by atoms with Crippen LogP contribution in [-0.4, -0.2) is 29.1 Å². The molecule has 0 aliphatic heterocycles. The molecule has 1 heterocycles. The lowest BCUT2D eigenvalue weighted by Gasteiger charge is -2.11. The maximum absolute atomic E-state index is 9.75. The van der Waals surface area contributed by atoms with Crippen molar-refractivity contribution in [1.29, 1.82) is 0 Å². The monoisotopic (exact) mass is 271 g/mol. The second kappa shape index (κ2) is 6.39. The van der Waals surface area contributed by atoms with Gasteiger partial charge in [-0.2, -0.15) is 0 Å². The zero-order valence-corrected chi connectivity index (χ0v) is 12.2. The standard InChI is InChI=1S/C16H21N3O/c1-12-4-9-16(20)15(18-12)10-17-14-7-5-13(6-8-14)11-19(2)3/h4-9,17,20H,10-11H2,1-3H3. The third-order valence-corrected chi connectivity index (χ3v) is 3.00. The molecule has 0 unspecified atom stereocenters. The predicted octanol–water partition coefficient (Wildman–Crippen LogP) is 2.77. The molecule has 1 aromatic carbocycles. The van der Waals surface area contributed by atoms with Gasteiger partial charge in [-0.1, -0.05) is 12.1 Å². The predicted molar refractivity (Wildman–Crippen MR) is 81.8 cm³/mol. The minimum atomic E-state index is 0.229. The maximum Gasteiger partial charge on any atom is 0.138 e. The van der Waals surface area contributed by atoms with Crippen LogP contribution in [0.1, 0.15) is 17.0 Å². The largest absolute Gasteiger partial charge is 0.506 e. The topological polar surface area (TPSA) is 48.4 Å². The number of anilines is 1. The summed E-state index contributed by atoms with van der Waals surface area (Å²) in [7, 11) is 4.11. The van der Waals surface area contributed by atoms with Crippen LogP contribution in [0, 0.1) is 6.92 Å². The number of benzene rings is 1. The molecule has 0 radical (unpaired) electrons. The molecule has 0 amide bonds. The highest BCUT2D eigenvalue weighted by Crippen LogP contribution is 2.17. The van der Waals surface area contributed by atoms with Gasteiger partial charge in [0.1, 0.15) is 11.4 Å². The van der Waals surface area contributed by atoms with Crippen molar-refractivity contribution in [1.82, 2.24) is 9.88 Å². The number of rotatable bonds is 5. The highest BCUT2D eigenvalue weighted by atomic mass is 16.3. The van der Waals surface area contributed by atoms with Crippen LogP contribution in [0.2, 0.25) is 0 Å². The highest BCUT2D eigenvalue weighted by molar-refractivity contribution is 5.45. The van der Waals surface area contributed by atoms with E-state index in [1.807, 2.05) is 19.1 Å². The number of aromatic hydroxyl groups is 1. The molecule has 0 aliphatic carbocycles. The van der Waals surface area contributed by atoms with Crippen molar-refractivity contribution in [2.24, 2.45) is 0 Å². The van der Waals surface area contributed by atoms with Gasteiger partial charge in [0.15, 0.2) is 0 Å². The summed E-state index contributed by atoms with van der Waals surface area (Å²) in [6, 6.07) is 11.8. The normalized spacial score (nSPS) is 10.8. The highest BCUT2D eigenvalue weighted by Gasteiger charge is 2.03. The number of nitrogens with one attached hydrogen (secondary N) is 1. The third kappa shape index (κ3) is 3.96. The molecule has 4 heteroatoms. The van der Waals surface area contributed by atoms with Crippen molar-refractivity contribution in [3.63, 3.8) is 0 Å². The Balaban J connectivity index is 1.98. The summed E-state index contributed by atoms with van der Waals surface area (Å²) < 4.78 is 0. The van der Waals surface area contributed by atoms with E-state index >= 15 is 0 Å². The van der Waals surface area contributed by atoms with E-state index in [-0.39, 0.29) is 5.75 Å². The van der Waals surface area contributed by atoms with Crippen LogP contribution in [-0.2, 0) is 13.1 Å². The van der Waals surface area contributed by atoms with Gasteiger partial charge in [0, 0.05) is 17.9 Å². The first-order chi connectivity index (χ1) is 9.54. The summed E-state index contributed by atoms with van der Waals surface area (Å²) in [5.41, 5.74) is 3.87. The molecule has 2 aromatic rings. The van der Waals surface area contributed by atoms with E-state index < -0.39 is 0 Å². The average Bonchev–Trinajstić information content (AvgIpc) is 2.41. The molecule has 0 atom stereocenters. The van der Waals surface area contributed by atoms with Gasteiger partial charge in [0.2, 0.25) is 0 Å². The van der Waals surface area contributed by atoms with Crippen LogP contribution < -0.4 is 5.32 Å². The molecule has 0 fully saturated rings. The van der Waals surface area contributed by atoms with Crippen molar-refractivity contribution < 1.29 is 5.11 Å². The SMILES string of the molecule is Cc1ccc(O)c(CNc2ccc(CN(C)C)cc2)n1. The summed E-state index contributed by atoms with van der Waals surface area (Å²) in [6.45, 7) is 3.36. The number of nitrogens with zero attached hydrogens (tertiary/aromatic N) is 2. The van der Waals surface area contributed by atoms with Crippen LogP contribution in [0.25, 0.3) is 0 Å². The molecule has 0 spiro atoms. The second-order valence-corrected chi connectivity index (χ2v) is 5.21. The average molecular weight is 271 g/mol. The Labute approximate surface area is 120 Å².